The Labute approximate surface area is 123 Å². The van der Waals surface area contributed by atoms with E-state index in [1.54, 1.807) is 11.3 Å². The first kappa shape index (κ1) is 14.0. The summed E-state index contributed by atoms with van der Waals surface area (Å²) >= 11 is 1.64. The van der Waals surface area contributed by atoms with E-state index in [2.05, 4.69) is 0 Å². The van der Waals surface area contributed by atoms with Crippen molar-refractivity contribution < 1.29 is 9.53 Å². The van der Waals surface area contributed by atoms with Crippen molar-refractivity contribution in [3.05, 3.63) is 21.4 Å². The monoisotopic (exact) mass is 294 g/mol. The van der Waals surface area contributed by atoms with Crippen molar-refractivity contribution in [3.8, 4) is 0 Å². The Morgan fingerprint density at radius 3 is 3.20 bits per heavy atom. The third-order valence-electron chi connectivity index (χ3n) is 4.33. The van der Waals surface area contributed by atoms with Crippen molar-refractivity contribution >= 4 is 17.2 Å². The maximum Gasteiger partial charge on any atom is 0.263 e. The molecule has 0 spiro atoms. The summed E-state index contributed by atoms with van der Waals surface area (Å²) in [7, 11) is 0. The van der Waals surface area contributed by atoms with Gasteiger partial charge in [0.1, 0.15) is 0 Å². The largest absolute Gasteiger partial charge is 0.376 e. The van der Waals surface area contributed by atoms with Crippen molar-refractivity contribution in [2.24, 2.45) is 11.7 Å². The van der Waals surface area contributed by atoms with Crippen molar-refractivity contribution in [1.29, 1.82) is 0 Å². The number of hydrogen-bond acceptors (Lipinski definition) is 4. The third-order valence-corrected chi connectivity index (χ3v) is 5.55. The number of nitrogens with zero attached hydrogens (tertiary/aromatic N) is 1. The summed E-state index contributed by atoms with van der Waals surface area (Å²) < 4.78 is 5.45. The highest BCUT2D eigenvalue weighted by molar-refractivity contribution is 7.14. The molecule has 3 rings (SSSR count). The summed E-state index contributed by atoms with van der Waals surface area (Å²) in [5.41, 5.74) is 7.20. The maximum atomic E-state index is 12.6. The van der Waals surface area contributed by atoms with Gasteiger partial charge in [0.2, 0.25) is 0 Å². The van der Waals surface area contributed by atoms with Crippen LogP contribution in [0.5, 0.6) is 0 Å². The van der Waals surface area contributed by atoms with Gasteiger partial charge in [0, 0.05) is 30.4 Å². The highest BCUT2D eigenvalue weighted by Crippen LogP contribution is 2.29. The average Bonchev–Trinajstić information content (AvgIpc) is 2.90. The van der Waals surface area contributed by atoms with Crippen LogP contribution in [0.2, 0.25) is 0 Å². The highest BCUT2D eigenvalue weighted by atomic mass is 32.1. The molecule has 5 heteroatoms. The van der Waals surface area contributed by atoms with E-state index in [-0.39, 0.29) is 11.9 Å². The van der Waals surface area contributed by atoms with Crippen LogP contribution in [0.4, 0.5) is 0 Å². The van der Waals surface area contributed by atoms with Crippen LogP contribution < -0.4 is 5.73 Å². The van der Waals surface area contributed by atoms with E-state index in [1.165, 1.54) is 10.4 Å². The number of fused-ring (bicyclic) bond motifs is 1. The molecule has 2 atom stereocenters. The predicted molar refractivity (Wildman–Crippen MR) is 80.0 cm³/mol. The van der Waals surface area contributed by atoms with E-state index >= 15 is 0 Å². The number of amides is 1. The lowest BCUT2D eigenvalue weighted by Crippen LogP contribution is -2.44. The minimum atomic E-state index is 0.163. The summed E-state index contributed by atoms with van der Waals surface area (Å²) in [6, 6.07) is 2.19. The van der Waals surface area contributed by atoms with Gasteiger partial charge >= 0.3 is 0 Å². The molecule has 2 N–H and O–H groups in total. The summed E-state index contributed by atoms with van der Waals surface area (Å²) in [4.78, 5) is 16.8. The van der Waals surface area contributed by atoms with E-state index < -0.39 is 0 Å². The van der Waals surface area contributed by atoms with Crippen LogP contribution in [0.15, 0.2) is 6.07 Å². The number of carbonyl (C=O) groups excluding carboxylic acids is 1. The van der Waals surface area contributed by atoms with E-state index in [9.17, 15) is 4.79 Å². The van der Waals surface area contributed by atoms with Gasteiger partial charge in [0.25, 0.3) is 5.91 Å². The fourth-order valence-electron chi connectivity index (χ4n) is 3.03. The molecule has 1 aromatic rings. The first-order valence-corrected chi connectivity index (χ1v) is 8.21. The van der Waals surface area contributed by atoms with Crippen LogP contribution >= 0.6 is 11.3 Å². The van der Waals surface area contributed by atoms with E-state index in [0.29, 0.717) is 12.5 Å². The molecule has 1 aromatic heterocycles. The van der Waals surface area contributed by atoms with Gasteiger partial charge in [-0.15, -0.1) is 11.3 Å². The SMILES string of the molecule is CC(N)C1CCCN(C(=O)c2cc3c(s2)CCOC3)C1. The molecule has 2 aliphatic rings. The molecule has 1 fully saturated rings. The standard InChI is InChI=1S/C15H22N2O2S/c1-10(16)11-3-2-5-17(8-11)15(18)14-7-12-9-19-6-4-13(12)20-14/h7,10-11H,2-6,8-9,16H2,1H3. The Hall–Kier alpha value is -0.910. The lowest BCUT2D eigenvalue weighted by molar-refractivity contribution is 0.0665. The van der Waals surface area contributed by atoms with Crippen molar-refractivity contribution in [1.82, 2.24) is 4.90 Å². The smallest absolute Gasteiger partial charge is 0.263 e. The molecule has 0 radical (unpaired) electrons. The van der Waals surface area contributed by atoms with Crippen molar-refractivity contribution in [2.45, 2.75) is 38.8 Å². The number of piperidine rings is 1. The number of rotatable bonds is 2. The minimum Gasteiger partial charge on any atom is -0.376 e. The molecular weight excluding hydrogens is 272 g/mol. The van der Waals surface area contributed by atoms with Gasteiger partial charge < -0.3 is 15.4 Å². The third kappa shape index (κ3) is 2.75. The fourth-order valence-corrected chi connectivity index (χ4v) is 4.15. The van der Waals surface area contributed by atoms with E-state index in [1.807, 2.05) is 17.9 Å². The second-order valence-corrected chi connectivity index (χ2v) is 7.01. The molecule has 4 nitrogen and oxygen atoms in total. The molecule has 0 bridgehead atoms. The zero-order valence-corrected chi connectivity index (χ0v) is 12.7. The van der Waals surface area contributed by atoms with Gasteiger partial charge in [-0.2, -0.15) is 0 Å². The Morgan fingerprint density at radius 1 is 1.60 bits per heavy atom. The summed E-state index contributed by atoms with van der Waals surface area (Å²) in [6.45, 7) is 5.13. The van der Waals surface area contributed by atoms with E-state index in [0.717, 1.165) is 43.8 Å². The molecule has 2 unspecified atom stereocenters. The fraction of sp³-hybridized carbons (Fsp3) is 0.667. The van der Waals surface area contributed by atoms with Crippen molar-refractivity contribution in [2.75, 3.05) is 19.7 Å². The number of ether oxygens (including phenoxy) is 1. The summed E-state index contributed by atoms with van der Waals surface area (Å²) in [5, 5.41) is 0. The quantitative estimate of drug-likeness (QED) is 0.908. The van der Waals surface area contributed by atoms with Crippen LogP contribution in [0.1, 0.15) is 39.9 Å². The number of likely N-dealkylation sites (tertiary alicyclic amines) is 1. The van der Waals surface area contributed by atoms with E-state index in [4.69, 9.17) is 10.5 Å². The molecular formula is C15H22N2O2S. The van der Waals surface area contributed by atoms with Crippen LogP contribution in [0, 0.1) is 5.92 Å². The van der Waals surface area contributed by atoms with Gasteiger partial charge in [0.15, 0.2) is 0 Å². The second kappa shape index (κ2) is 5.84. The predicted octanol–water partition coefficient (Wildman–Crippen LogP) is 2.02. The Bertz CT molecular complexity index is 475. The molecule has 0 aromatic carbocycles. The molecule has 20 heavy (non-hydrogen) atoms. The van der Waals surface area contributed by atoms with Gasteiger partial charge in [-0.25, -0.2) is 0 Å². The van der Waals surface area contributed by atoms with Gasteiger partial charge in [-0.3, -0.25) is 4.79 Å². The molecule has 1 saturated heterocycles. The molecule has 110 valence electrons. The number of carbonyl (C=O) groups is 1. The summed E-state index contributed by atoms with van der Waals surface area (Å²) in [5.74, 6) is 0.611. The van der Waals surface area contributed by atoms with Gasteiger partial charge in [0.05, 0.1) is 18.1 Å². The maximum absolute atomic E-state index is 12.6. The van der Waals surface area contributed by atoms with Crippen LogP contribution in [-0.2, 0) is 17.8 Å². The molecule has 0 aliphatic carbocycles. The topological polar surface area (TPSA) is 55.6 Å². The lowest BCUT2D eigenvalue weighted by Gasteiger charge is -2.34. The number of hydrogen-bond donors (Lipinski definition) is 1. The van der Waals surface area contributed by atoms with Crippen LogP contribution in [0.25, 0.3) is 0 Å². The zero-order chi connectivity index (χ0) is 14.1. The van der Waals surface area contributed by atoms with Crippen LogP contribution in [-0.4, -0.2) is 36.5 Å². The second-order valence-electron chi connectivity index (χ2n) is 5.87. The Balaban J connectivity index is 1.73. The molecule has 0 saturated carbocycles. The van der Waals surface area contributed by atoms with Gasteiger partial charge in [-0.05, 0) is 37.3 Å². The summed E-state index contributed by atoms with van der Waals surface area (Å²) in [6.07, 6.45) is 3.14. The van der Waals surface area contributed by atoms with Crippen molar-refractivity contribution in [3.63, 3.8) is 0 Å². The minimum absolute atomic E-state index is 0.163. The average molecular weight is 294 g/mol. The normalized spacial score (nSPS) is 24.3. The number of thiophene rings is 1. The Morgan fingerprint density at radius 2 is 2.45 bits per heavy atom. The molecule has 1 amide bonds. The first-order chi connectivity index (χ1) is 9.65. The highest BCUT2D eigenvalue weighted by Gasteiger charge is 2.28. The lowest BCUT2D eigenvalue weighted by atomic mass is 9.92. The number of nitrogens with two attached hydrogens (primary N) is 1. The van der Waals surface area contributed by atoms with Crippen LogP contribution in [0.3, 0.4) is 0 Å². The molecule has 3 heterocycles. The molecule has 2 aliphatic heterocycles. The Kier molecular flexibility index (Phi) is 4.10. The zero-order valence-electron chi connectivity index (χ0n) is 11.9. The first-order valence-electron chi connectivity index (χ1n) is 7.39. The van der Waals surface area contributed by atoms with Gasteiger partial charge in [-0.1, -0.05) is 0 Å².